The van der Waals surface area contributed by atoms with Crippen LogP contribution in [0.3, 0.4) is 0 Å². The maximum Gasteiger partial charge on any atom is 0.311 e. The summed E-state index contributed by atoms with van der Waals surface area (Å²) < 4.78 is 4.72. The zero-order valence-electron chi connectivity index (χ0n) is 11.1. The molecule has 0 atom stereocenters. The first kappa shape index (κ1) is 14.0. The van der Waals surface area contributed by atoms with E-state index in [4.69, 9.17) is 10.5 Å². The molecule has 0 aromatic carbocycles. The number of pyridine rings is 1. The van der Waals surface area contributed by atoms with Crippen molar-refractivity contribution in [2.24, 2.45) is 5.92 Å². The first-order valence-corrected chi connectivity index (χ1v) is 6.26. The molecule has 1 fully saturated rings. The molecule has 1 aromatic rings. The number of methoxy groups -OCH3 is 1. The maximum absolute atomic E-state index is 11.4. The number of nitrogen functional groups attached to an aromatic ring is 1. The Labute approximate surface area is 115 Å². The molecule has 0 radical (unpaired) electrons. The summed E-state index contributed by atoms with van der Waals surface area (Å²) in [7, 11) is 1.38. The fourth-order valence-corrected chi connectivity index (χ4v) is 2.30. The predicted octanol–water partition coefficient (Wildman–Crippen LogP) is 0.961. The number of aromatic nitrogens is 1. The predicted molar refractivity (Wildman–Crippen MR) is 72.3 cm³/mol. The van der Waals surface area contributed by atoms with E-state index >= 15 is 0 Å². The van der Waals surface area contributed by atoms with Gasteiger partial charge in [-0.1, -0.05) is 0 Å². The van der Waals surface area contributed by atoms with Crippen molar-refractivity contribution in [3.05, 3.63) is 22.2 Å². The Balaban J connectivity index is 2.06. The van der Waals surface area contributed by atoms with Crippen LogP contribution in [-0.4, -0.2) is 36.1 Å². The number of hydrogen-bond acceptors (Lipinski definition) is 7. The van der Waals surface area contributed by atoms with Crippen molar-refractivity contribution in [3.8, 4) is 0 Å². The van der Waals surface area contributed by atoms with Gasteiger partial charge in [-0.05, 0) is 18.9 Å². The number of anilines is 2. The van der Waals surface area contributed by atoms with Gasteiger partial charge >= 0.3 is 11.7 Å². The average Bonchev–Trinajstić information content (AvgIpc) is 2.46. The lowest BCUT2D eigenvalue weighted by Crippen LogP contribution is -2.37. The van der Waals surface area contributed by atoms with Gasteiger partial charge in [0, 0.05) is 19.2 Å². The van der Waals surface area contributed by atoms with E-state index in [-0.39, 0.29) is 23.4 Å². The van der Waals surface area contributed by atoms with E-state index in [1.165, 1.54) is 13.2 Å². The molecular formula is C12H16N4O4. The van der Waals surface area contributed by atoms with Crippen LogP contribution in [-0.2, 0) is 9.53 Å². The highest BCUT2D eigenvalue weighted by molar-refractivity contribution is 5.72. The highest BCUT2D eigenvalue weighted by Crippen LogP contribution is 2.26. The summed E-state index contributed by atoms with van der Waals surface area (Å²) in [6.07, 6.45) is 1.34. The number of nitro groups is 1. The van der Waals surface area contributed by atoms with E-state index in [9.17, 15) is 14.9 Å². The first-order chi connectivity index (χ1) is 9.52. The summed E-state index contributed by atoms with van der Waals surface area (Å²) in [6.45, 7) is 1.29. The van der Waals surface area contributed by atoms with Crippen LogP contribution < -0.4 is 10.6 Å². The summed E-state index contributed by atoms with van der Waals surface area (Å²) in [6, 6.07) is 2.93. The number of nitrogens with two attached hydrogens (primary N) is 1. The van der Waals surface area contributed by atoms with E-state index in [0.717, 1.165) is 0 Å². The standard InChI is InChI=1S/C12H16N4O4/c1-20-12(17)8-4-6-15(7-5-8)10-3-2-9(16(18)19)11(13)14-10/h2-3,8H,4-7H2,1H3,(H2,13,14). The number of carbonyl (C=O) groups excluding carboxylic acids is 1. The smallest absolute Gasteiger partial charge is 0.311 e. The van der Waals surface area contributed by atoms with E-state index in [2.05, 4.69) is 4.98 Å². The highest BCUT2D eigenvalue weighted by Gasteiger charge is 2.26. The average molecular weight is 280 g/mol. The minimum atomic E-state index is -0.560. The minimum absolute atomic E-state index is 0.0911. The van der Waals surface area contributed by atoms with Gasteiger partial charge in [0.2, 0.25) is 5.82 Å². The highest BCUT2D eigenvalue weighted by atomic mass is 16.6. The van der Waals surface area contributed by atoms with Gasteiger partial charge in [-0.3, -0.25) is 14.9 Å². The van der Waals surface area contributed by atoms with Crippen LogP contribution in [0.1, 0.15) is 12.8 Å². The van der Waals surface area contributed by atoms with Crippen LogP contribution in [0.25, 0.3) is 0 Å². The second-order valence-electron chi connectivity index (χ2n) is 4.62. The van der Waals surface area contributed by atoms with Crippen LogP contribution in [0.4, 0.5) is 17.3 Å². The summed E-state index contributed by atoms with van der Waals surface area (Å²) in [5.74, 6) is 0.214. The Bertz CT molecular complexity index is 526. The molecule has 0 bridgehead atoms. The number of carbonyl (C=O) groups is 1. The largest absolute Gasteiger partial charge is 0.469 e. The lowest BCUT2D eigenvalue weighted by molar-refractivity contribution is -0.384. The molecule has 108 valence electrons. The first-order valence-electron chi connectivity index (χ1n) is 6.26. The molecule has 0 aliphatic carbocycles. The molecule has 2 N–H and O–H groups in total. The molecule has 0 amide bonds. The molecule has 20 heavy (non-hydrogen) atoms. The van der Waals surface area contributed by atoms with Crippen molar-refractivity contribution in [3.63, 3.8) is 0 Å². The second-order valence-corrected chi connectivity index (χ2v) is 4.62. The third kappa shape index (κ3) is 2.79. The number of hydrogen-bond donors (Lipinski definition) is 1. The van der Waals surface area contributed by atoms with Gasteiger partial charge in [0.05, 0.1) is 18.0 Å². The van der Waals surface area contributed by atoms with Crippen molar-refractivity contribution < 1.29 is 14.5 Å². The molecule has 1 aliphatic rings. The van der Waals surface area contributed by atoms with E-state index in [1.807, 2.05) is 4.90 Å². The van der Waals surface area contributed by atoms with E-state index in [1.54, 1.807) is 6.07 Å². The molecule has 1 saturated heterocycles. The van der Waals surface area contributed by atoms with Gasteiger partial charge < -0.3 is 15.4 Å². The lowest BCUT2D eigenvalue weighted by Gasteiger charge is -2.31. The number of esters is 1. The quantitative estimate of drug-likeness (QED) is 0.498. The van der Waals surface area contributed by atoms with Crippen LogP contribution in [0.5, 0.6) is 0 Å². The van der Waals surface area contributed by atoms with Gasteiger partial charge in [-0.2, -0.15) is 0 Å². The second kappa shape index (κ2) is 5.72. The Kier molecular flexibility index (Phi) is 4.02. The molecule has 1 aliphatic heterocycles. The molecular weight excluding hydrogens is 264 g/mol. The Hall–Kier alpha value is -2.38. The SMILES string of the molecule is COC(=O)C1CCN(c2ccc([N+](=O)[O-])c(N)n2)CC1. The van der Waals surface area contributed by atoms with Crippen molar-refractivity contribution >= 4 is 23.3 Å². The normalized spacial score (nSPS) is 15.9. The molecule has 8 heteroatoms. The fraction of sp³-hybridized carbons (Fsp3) is 0.500. The monoisotopic (exact) mass is 280 g/mol. The zero-order chi connectivity index (χ0) is 14.7. The molecule has 0 unspecified atom stereocenters. The minimum Gasteiger partial charge on any atom is -0.469 e. The van der Waals surface area contributed by atoms with Crippen LogP contribution >= 0.6 is 0 Å². The third-order valence-electron chi connectivity index (χ3n) is 3.44. The third-order valence-corrected chi connectivity index (χ3v) is 3.44. The van der Waals surface area contributed by atoms with Gasteiger partial charge in [0.15, 0.2) is 0 Å². The van der Waals surface area contributed by atoms with Gasteiger partial charge in [0.1, 0.15) is 5.82 Å². The summed E-state index contributed by atoms with van der Waals surface area (Å²) in [4.78, 5) is 27.6. The molecule has 2 rings (SSSR count). The summed E-state index contributed by atoms with van der Waals surface area (Å²) in [5, 5.41) is 10.7. The summed E-state index contributed by atoms with van der Waals surface area (Å²) in [5.41, 5.74) is 5.38. The molecule has 8 nitrogen and oxygen atoms in total. The van der Waals surface area contributed by atoms with E-state index in [0.29, 0.717) is 31.7 Å². The van der Waals surface area contributed by atoms with Crippen molar-refractivity contribution in [2.75, 3.05) is 30.8 Å². The number of nitrogens with zero attached hydrogens (tertiary/aromatic N) is 3. The maximum atomic E-state index is 11.4. The summed E-state index contributed by atoms with van der Waals surface area (Å²) >= 11 is 0. The topological polar surface area (TPSA) is 112 Å². The van der Waals surface area contributed by atoms with Crippen LogP contribution in [0.2, 0.25) is 0 Å². The molecule has 2 heterocycles. The van der Waals surface area contributed by atoms with Crippen molar-refractivity contribution in [1.29, 1.82) is 0 Å². The van der Waals surface area contributed by atoms with Gasteiger partial charge in [0.25, 0.3) is 0 Å². The molecule has 0 saturated carbocycles. The Morgan fingerprint density at radius 2 is 2.15 bits per heavy atom. The number of ether oxygens (including phenoxy) is 1. The van der Waals surface area contributed by atoms with Crippen molar-refractivity contribution in [1.82, 2.24) is 4.98 Å². The van der Waals surface area contributed by atoms with Crippen molar-refractivity contribution in [2.45, 2.75) is 12.8 Å². The Morgan fingerprint density at radius 3 is 2.65 bits per heavy atom. The van der Waals surface area contributed by atoms with Gasteiger partial charge in [-0.15, -0.1) is 0 Å². The molecule has 1 aromatic heterocycles. The lowest BCUT2D eigenvalue weighted by atomic mass is 9.97. The molecule has 0 spiro atoms. The van der Waals surface area contributed by atoms with Crippen LogP contribution in [0.15, 0.2) is 12.1 Å². The fourth-order valence-electron chi connectivity index (χ4n) is 2.30. The van der Waals surface area contributed by atoms with Crippen LogP contribution in [0, 0.1) is 16.0 Å². The number of rotatable bonds is 3. The zero-order valence-corrected chi connectivity index (χ0v) is 11.1. The van der Waals surface area contributed by atoms with E-state index < -0.39 is 4.92 Å². The number of piperidine rings is 1. The van der Waals surface area contributed by atoms with Gasteiger partial charge in [-0.25, -0.2) is 4.98 Å². The Morgan fingerprint density at radius 1 is 1.50 bits per heavy atom.